The minimum absolute atomic E-state index is 0.106. The van der Waals surface area contributed by atoms with E-state index in [1.807, 2.05) is 20.8 Å². The number of hydrogen-bond acceptors (Lipinski definition) is 2. The van der Waals surface area contributed by atoms with E-state index in [-0.39, 0.29) is 15.7 Å². The molecule has 0 fully saturated rings. The molecule has 0 aromatic carbocycles. The molecule has 0 heterocycles. The first-order chi connectivity index (χ1) is 5.24. The van der Waals surface area contributed by atoms with E-state index in [1.165, 1.54) is 0 Å². The van der Waals surface area contributed by atoms with Crippen LogP contribution in [0.2, 0.25) is 0 Å². The van der Waals surface area contributed by atoms with E-state index < -0.39 is 0 Å². The normalized spacial score (nSPS) is 13.8. The highest BCUT2D eigenvalue weighted by molar-refractivity contribution is 9.11. The zero-order valence-electron chi connectivity index (χ0n) is 7.13. The molecule has 2 N–H and O–H groups in total. The molecule has 0 spiro atoms. The van der Waals surface area contributed by atoms with E-state index >= 15 is 0 Å². The van der Waals surface area contributed by atoms with Crippen molar-refractivity contribution in [3.05, 3.63) is 9.64 Å². The van der Waals surface area contributed by atoms with E-state index in [2.05, 4.69) is 21.2 Å². The lowest BCUT2D eigenvalue weighted by molar-refractivity contribution is 0.487. The molecule has 0 radical (unpaired) electrons. The summed E-state index contributed by atoms with van der Waals surface area (Å²) in [6.07, 6.45) is 0. The van der Waals surface area contributed by atoms with Crippen LogP contribution in [-0.4, -0.2) is 10.7 Å². The van der Waals surface area contributed by atoms with Gasteiger partial charge in [0.1, 0.15) is 14.8 Å². The van der Waals surface area contributed by atoms with Gasteiger partial charge in [0.05, 0.1) is 0 Å². The molecule has 0 saturated heterocycles. The highest BCUT2D eigenvalue weighted by atomic mass is 79.9. The second-order valence-electron chi connectivity index (χ2n) is 3.32. The van der Waals surface area contributed by atoms with Crippen molar-refractivity contribution in [3.63, 3.8) is 0 Å². The Morgan fingerprint density at radius 2 is 1.75 bits per heavy atom. The molecule has 0 amide bonds. The third kappa shape index (κ3) is 5.01. The van der Waals surface area contributed by atoms with Crippen LogP contribution in [0.25, 0.3) is 0 Å². The second kappa shape index (κ2) is 4.49. The van der Waals surface area contributed by atoms with Crippen molar-refractivity contribution < 1.29 is 0 Å². The Morgan fingerprint density at radius 3 is 2.00 bits per heavy atom. The fraction of sp³-hybridized carbons (Fsp3) is 0.571. The molecule has 0 aliphatic carbocycles. The molecule has 70 valence electrons. The van der Waals surface area contributed by atoms with E-state index in [0.29, 0.717) is 4.61 Å². The first kappa shape index (κ1) is 12.3. The van der Waals surface area contributed by atoms with E-state index in [1.54, 1.807) is 0 Å². The van der Waals surface area contributed by atoms with Crippen molar-refractivity contribution in [2.45, 2.75) is 26.3 Å². The fourth-order valence-corrected chi connectivity index (χ4v) is 1.53. The molecule has 0 unspecified atom stereocenters. The zero-order chi connectivity index (χ0) is 9.94. The highest BCUT2D eigenvalue weighted by Gasteiger charge is 2.13. The van der Waals surface area contributed by atoms with Crippen molar-refractivity contribution >= 4 is 44.3 Å². The van der Waals surface area contributed by atoms with Gasteiger partial charge in [-0.1, -0.05) is 23.2 Å². The Kier molecular flexibility index (Phi) is 4.59. The van der Waals surface area contributed by atoms with Gasteiger partial charge in [-0.2, -0.15) is 0 Å². The maximum Gasteiger partial charge on any atom is 0.142 e. The summed E-state index contributed by atoms with van der Waals surface area (Å²) in [4.78, 5) is 0. The Balaban J connectivity index is 4.49. The molecular formula is C7H11BrCl2N2. The topological polar surface area (TPSA) is 35.9 Å². The van der Waals surface area contributed by atoms with Gasteiger partial charge in [-0.25, -0.2) is 0 Å². The summed E-state index contributed by atoms with van der Waals surface area (Å²) < 4.78 is 0.539. The largest absolute Gasteiger partial charge is 0.374 e. The maximum absolute atomic E-state index is 7.04. The Labute approximate surface area is 90.9 Å². The third-order valence-corrected chi connectivity index (χ3v) is 2.36. The number of hydrogen-bond donors (Lipinski definition) is 2. The van der Waals surface area contributed by atoms with Gasteiger partial charge >= 0.3 is 0 Å². The lowest BCUT2D eigenvalue weighted by Crippen LogP contribution is -2.34. The van der Waals surface area contributed by atoms with Crippen molar-refractivity contribution in [3.8, 4) is 0 Å². The Morgan fingerprint density at radius 1 is 1.33 bits per heavy atom. The summed E-state index contributed by atoms with van der Waals surface area (Å²) in [6, 6.07) is 0. The molecule has 0 rings (SSSR count). The van der Waals surface area contributed by atoms with Crippen LogP contribution < -0.4 is 5.32 Å². The summed E-state index contributed by atoms with van der Waals surface area (Å²) in [5.74, 6) is 0. The molecule has 0 aliphatic heterocycles. The Bertz CT molecular complexity index is 218. The molecule has 0 bridgehead atoms. The van der Waals surface area contributed by atoms with Crippen molar-refractivity contribution in [1.82, 2.24) is 5.32 Å². The van der Waals surface area contributed by atoms with Crippen LogP contribution in [-0.2, 0) is 0 Å². The van der Waals surface area contributed by atoms with Crippen LogP contribution in [0.1, 0.15) is 20.8 Å². The number of nitrogens with one attached hydrogen (secondary N) is 2. The number of rotatable bonds is 2. The van der Waals surface area contributed by atoms with Gasteiger partial charge in [-0.15, -0.1) is 0 Å². The molecule has 0 aromatic rings. The van der Waals surface area contributed by atoms with Gasteiger partial charge in [0.2, 0.25) is 0 Å². The first-order valence-electron chi connectivity index (χ1n) is 3.32. The van der Waals surface area contributed by atoms with Crippen LogP contribution >= 0.6 is 39.1 Å². The summed E-state index contributed by atoms with van der Waals surface area (Å²) in [5, 5.41) is 10.1. The molecule has 12 heavy (non-hydrogen) atoms. The van der Waals surface area contributed by atoms with Gasteiger partial charge in [0.25, 0.3) is 0 Å². The third-order valence-electron chi connectivity index (χ3n) is 0.870. The van der Waals surface area contributed by atoms with Crippen LogP contribution in [0.3, 0.4) is 0 Å². The average molecular weight is 274 g/mol. The van der Waals surface area contributed by atoms with Crippen molar-refractivity contribution in [1.29, 1.82) is 5.41 Å². The van der Waals surface area contributed by atoms with Crippen LogP contribution in [0.4, 0.5) is 0 Å². The van der Waals surface area contributed by atoms with Crippen LogP contribution in [0.5, 0.6) is 0 Å². The first-order valence-corrected chi connectivity index (χ1v) is 4.87. The molecule has 0 atom stereocenters. The fourth-order valence-electron chi connectivity index (χ4n) is 0.480. The SMILES string of the molecule is CC(C)(C)N/C(Br)=C(/Cl)C(=N)Cl. The highest BCUT2D eigenvalue weighted by Crippen LogP contribution is 2.18. The minimum atomic E-state index is -0.180. The molecular weight excluding hydrogens is 263 g/mol. The predicted molar refractivity (Wildman–Crippen MR) is 58.3 cm³/mol. The van der Waals surface area contributed by atoms with Gasteiger partial charge in [-0.05, 0) is 36.7 Å². The molecule has 2 nitrogen and oxygen atoms in total. The summed E-state index contributed by atoms with van der Waals surface area (Å²) in [5.41, 5.74) is -0.106. The molecule has 0 saturated carbocycles. The van der Waals surface area contributed by atoms with Gasteiger partial charge in [-0.3, -0.25) is 5.41 Å². The minimum Gasteiger partial charge on any atom is -0.374 e. The van der Waals surface area contributed by atoms with Crippen LogP contribution in [0.15, 0.2) is 9.64 Å². The van der Waals surface area contributed by atoms with Gasteiger partial charge < -0.3 is 5.32 Å². The van der Waals surface area contributed by atoms with Gasteiger partial charge in [0.15, 0.2) is 0 Å². The quantitative estimate of drug-likeness (QED) is 0.587. The lowest BCUT2D eigenvalue weighted by atomic mass is 10.1. The molecule has 0 aliphatic rings. The zero-order valence-corrected chi connectivity index (χ0v) is 10.2. The molecule has 0 aromatic heterocycles. The Hall–Kier alpha value is 0.270. The number of allylic oxidation sites excluding steroid dienone is 1. The average Bonchev–Trinajstić information content (AvgIpc) is 1.82. The number of halogens is 3. The van der Waals surface area contributed by atoms with E-state index in [0.717, 1.165) is 0 Å². The summed E-state index contributed by atoms with van der Waals surface area (Å²) in [7, 11) is 0. The summed E-state index contributed by atoms with van der Waals surface area (Å²) in [6.45, 7) is 5.95. The van der Waals surface area contributed by atoms with Crippen molar-refractivity contribution in [2.75, 3.05) is 0 Å². The van der Waals surface area contributed by atoms with Gasteiger partial charge in [0, 0.05) is 5.54 Å². The second-order valence-corrected chi connectivity index (χ2v) is 4.87. The smallest absolute Gasteiger partial charge is 0.142 e. The standard InChI is InChI=1S/C7H11BrCl2N2/c1-7(2,3)12-5(8)4(9)6(10)11/h11-12H,1-3H3/b5-4+,11-6?. The maximum atomic E-state index is 7.04. The monoisotopic (exact) mass is 272 g/mol. The van der Waals surface area contributed by atoms with E-state index in [9.17, 15) is 0 Å². The lowest BCUT2D eigenvalue weighted by Gasteiger charge is -2.21. The summed E-state index contributed by atoms with van der Waals surface area (Å²) >= 11 is 14.3. The predicted octanol–water partition coefficient (Wildman–Crippen LogP) is 3.39. The van der Waals surface area contributed by atoms with Crippen LogP contribution in [0, 0.1) is 5.41 Å². The van der Waals surface area contributed by atoms with E-state index in [4.69, 9.17) is 28.6 Å². The van der Waals surface area contributed by atoms with Crippen molar-refractivity contribution in [2.24, 2.45) is 0 Å². The molecule has 5 heteroatoms.